The van der Waals surface area contributed by atoms with Crippen molar-refractivity contribution < 1.29 is 9.04 Å². The summed E-state index contributed by atoms with van der Waals surface area (Å²) >= 11 is 0. The predicted molar refractivity (Wildman–Crippen MR) is 75.0 cm³/mol. The Labute approximate surface area is 118 Å². The number of nitro benzene ring substituents is 1. The maximum absolute atomic E-state index is 10.6. The predicted octanol–water partition coefficient (Wildman–Crippen LogP) is 2.51. The second-order valence-electron chi connectivity index (χ2n) is 3.81. The van der Waals surface area contributed by atoms with Crippen LogP contribution in [0, 0.1) is 22.5 Å². The Morgan fingerprint density at radius 1 is 1.56 bits per heavy atom. The number of terminal acetylenes is 1. The van der Waals surface area contributed by atoms with E-state index in [-0.39, 0.29) is 30.7 Å². The normalized spacial score (nSPS) is 14.6. The van der Waals surface area contributed by atoms with Gasteiger partial charge in [-0.25, -0.2) is 0 Å². The van der Waals surface area contributed by atoms with Crippen LogP contribution in [0.4, 0.5) is 5.69 Å². The summed E-state index contributed by atoms with van der Waals surface area (Å²) in [7, 11) is 0. The van der Waals surface area contributed by atoms with Crippen LogP contribution >= 0.6 is 12.4 Å². The van der Waals surface area contributed by atoms with Gasteiger partial charge in [-0.15, -0.1) is 18.8 Å². The lowest BCUT2D eigenvalue weighted by Gasteiger charge is -2.22. The first-order valence-electron chi connectivity index (χ1n) is 6.69. The lowest BCUT2D eigenvalue weighted by atomic mass is 10.1. The van der Waals surface area contributed by atoms with E-state index >= 15 is 0 Å². The van der Waals surface area contributed by atoms with Gasteiger partial charge in [-0.1, -0.05) is 18.1 Å². The molecule has 1 unspecified atom stereocenters. The Bertz CT molecular complexity index is 512. The van der Waals surface area contributed by atoms with Crippen molar-refractivity contribution >= 4 is 18.1 Å². The molecule has 0 bridgehead atoms. The van der Waals surface area contributed by atoms with E-state index in [2.05, 4.69) is 5.92 Å². The van der Waals surface area contributed by atoms with Gasteiger partial charge in [-0.2, -0.15) is 0 Å². The van der Waals surface area contributed by atoms with Gasteiger partial charge >= 0.3 is 0 Å². The summed E-state index contributed by atoms with van der Waals surface area (Å²) in [5, 5.41) is 10.6. The maximum Gasteiger partial charge on any atom is 0.269 e. The van der Waals surface area contributed by atoms with Gasteiger partial charge in [0.05, 0.1) is 11.5 Å². The van der Waals surface area contributed by atoms with Gasteiger partial charge in [0.25, 0.3) is 5.69 Å². The molecule has 0 amide bonds. The highest BCUT2D eigenvalue weighted by molar-refractivity contribution is 5.85. The van der Waals surface area contributed by atoms with Crippen molar-refractivity contribution in [3.8, 4) is 12.3 Å². The van der Waals surface area contributed by atoms with Gasteiger partial charge in [-0.05, 0) is 25.9 Å². The van der Waals surface area contributed by atoms with Gasteiger partial charge < -0.3 is 0 Å². The molecule has 5 heteroatoms. The standard InChI is InChI=1S/C13H16N2O2.ClH/c1-4-9-14(3)11(2)10-12-5-7-13(8-6-12)15(16)17;/h1,5-8,11H,9-10H2,2-3H3;1H/i3D3;. The van der Waals surface area contributed by atoms with Crippen molar-refractivity contribution in [1.29, 1.82) is 0 Å². The maximum atomic E-state index is 10.6. The second kappa shape index (κ2) is 7.70. The Kier molecular flexibility index (Phi) is 4.93. The lowest BCUT2D eigenvalue weighted by Crippen LogP contribution is -2.31. The van der Waals surface area contributed by atoms with Gasteiger partial charge in [0, 0.05) is 22.3 Å². The quantitative estimate of drug-likeness (QED) is 0.470. The van der Waals surface area contributed by atoms with Crippen LogP contribution in [0.3, 0.4) is 0 Å². The average molecular weight is 272 g/mol. The minimum Gasteiger partial charge on any atom is -0.292 e. The second-order valence-corrected chi connectivity index (χ2v) is 3.81. The molecule has 1 atom stereocenters. The largest absolute Gasteiger partial charge is 0.292 e. The smallest absolute Gasteiger partial charge is 0.269 e. The molecule has 18 heavy (non-hydrogen) atoms. The highest BCUT2D eigenvalue weighted by atomic mass is 35.5. The van der Waals surface area contributed by atoms with Crippen LogP contribution in [0.5, 0.6) is 0 Å². The number of likely N-dealkylation sites (N-methyl/N-ethyl adjacent to an activating group) is 1. The number of nitrogens with zero attached hydrogens (tertiary/aromatic N) is 2. The van der Waals surface area contributed by atoms with E-state index in [4.69, 9.17) is 10.5 Å². The zero-order chi connectivity index (χ0) is 15.3. The first-order chi connectivity index (χ1) is 9.25. The van der Waals surface area contributed by atoms with Crippen molar-refractivity contribution in [2.24, 2.45) is 0 Å². The van der Waals surface area contributed by atoms with Crippen molar-refractivity contribution in [3.63, 3.8) is 0 Å². The molecule has 0 aliphatic carbocycles. The number of hydrogen-bond acceptors (Lipinski definition) is 3. The molecule has 0 aliphatic rings. The van der Waals surface area contributed by atoms with Crippen LogP contribution in [0.2, 0.25) is 0 Å². The van der Waals surface area contributed by atoms with Crippen molar-refractivity contribution in [2.45, 2.75) is 19.4 Å². The van der Waals surface area contributed by atoms with E-state index in [1.165, 1.54) is 17.0 Å². The molecule has 0 radical (unpaired) electrons. The first-order valence-corrected chi connectivity index (χ1v) is 5.19. The molecule has 1 rings (SSSR count). The molecule has 0 aromatic heterocycles. The molecule has 0 saturated heterocycles. The molecule has 0 saturated carbocycles. The van der Waals surface area contributed by atoms with Crippen molar-refractivity contribution in [2.75, 3.05) is 13.5 Å². The average Bonchev–Trinajstić information content (AvgIpc) is 2.35. The van der Waals surface area contributed by atoms with Crippen LogP contribution in [0.25, 0.3) is 0 Å². The van der Waals surface area contributed by atoms with E-state index < -0.39 is 11.9 Å². The molecule has 1 aromatic rings. The zero-order valence-electron chi connectivity index (χ0n) is 13.0. The molecular formula is C13H17ClN2O2. The molecule has 1 aromatic carbocycles. The van der Waals surface area contributed by atoms with Crippen LogP contribution in [-0.2, 0) is 6.42 Å². The van der Waals surface area contributed by atoms with Crippen molar-refractivity contribution in [1.82, 2.24) is 4.90 Å². The van der Waals surface area contributed by atoms with E-state index in [0.29, 0.717) is 6.42 Å². The third kappa shape index (κ3) is 4.74. The van der Waals surface area contributed by atoms with Gasteiger partial charge in [-0.3, -0.25) is 15.0 Å². The fourth-order valence-corrected chi connectivity index (χ4v) is 1.46. The lowest BCUT2D eigenvalue weighted by molar-refractivity contribution is -0.384. The fourth-order valence-electron chi connectivity index (χ4n) is 1.46. The third-order valence-corrected chi connectivity index (χ3v) is 2.47. The summed E-state index contributed by atoms with van der Waals surface area (Å²) in [6, 6.07) is 5.77. The number of nitro groups is 1. The Morgan fingerprint density at radius 2 is 2.17 bits per heavy atom. The number of halogens is 1. The number of benzene rings is 1. The summed E-state index contributed by atoms with van der Waals surface area (Å²) in [5.74, 6) is 2.34. The molecular weight excluding hydrogens is 252 g/mol. The topological polar surface area (TPSA) is 46.4 Å². The summed E-state index contributed by atoms with van der Waals surface area (Å²) < 4.78 is 22.4. The molecule has 0 aliphatic heterocycles. The number of non-ortho nitro benzene ring substituents is 1. The Morgan fingerprint density at radius 3 is 2.61 bits per heavy atom. The number of rotatable bonds is 5. The summed E-state index contributed by atoms with van der Waals surface area (Å²) in [6.07, 6.45) is 5.65. The van der Waals surface area contributed by atoms with Gasteiger partial charge in [0.15, 0.2) is 0 Å². The van der Waals surface area contributed by atoms with Crippen LogP contribution in [0.15, 0.2) is 24.3 Å². The van der Waals surface area contributed by atoms with Gasteiger partial charge in [0.1, 0.15) is 0 Å². The highest BCUT2D eigenvalue weighted by Crippen LogP contribution is 2.14. The SMILES string of the molecule is Cl.[2H]C([2H])([2H])N(CC#C)C(C)Cc1ccc([N+](=O)[O-])cc1. The Hall–Kier alpha value is -1.57. The van der Waals surface area contributed by atoms with Crippen molar-refractivity contribution in [3.05, 3.63) is 39.9 Å². The van der Waals surface area contributed by atoms with Crippen LogP contribution < -0.4 is 0 Å². The fraction of sp³-hybridized carbons (Fsp3) is 0.385. The summed E-state index contributed by atoms with van der Waals surface area (Å²) in [5.41, 5.74) is 0.840. The minimum atomic E-state index is -2.26. The van der Waals surface area contributed by atoms with Gasteiger partial charge in [0.2, 0.25) is 0 Å². The zero-order valence-corrected chi connectivity index (χ0v) is 10.8. The molecule has 0 fully saturated rings. The minimum absolute atomic E-state index is 0. The molecule has 98 valence electrons. The number of hydrogen-bond donors (Lipinski definition) is 0. The Balaban J connectivity index is 0.00000400. The molecule has 0 spiro atoms. The first kappa shape index (κ1) is 11.5. The van der Waals surface area contributed by atoms with Crippen LogP contribution in [-0.4, -0.2) is 29.4 Å². The third-order valence-electron chi connectivity index (χ3n) is 2.47. The van der Waals surface area contributed by atoms with E-state index in [1.807, 2.05) is 0 Å². The molecule has 4 nitrogen and oxygen atoms in total. The van der Waals surface area contributed by atoms with E-state index in [9.17, 15) is 10.1 Å². The summed E-state index contributed by atoms with van der Waals surface area (Å²) in [4.78, 5) is 11.3. The molecule has 0 heterocycles. The highest BCUT2D eigenvalue weighted by Gasteiger charge is 2.10. The monoisotopic (exact) mass is 271 g/mol. The molecule has 0 N–H and O–H groups in total. The van der Waals surface area contributed by atoms with E-state index in [1.54, 1.807) is 19.1 Å². The van der Waals surface area contributed by atoms with E-state index in [0.717, 1.165) is 5.56 Å². The van der Waals surface area contributed by atoms with Crippen LogP contribution in [0.1, 0.15) is 16.6 Å². The summed E-state index contributed by atoms with van der Waals surface area (Å²) in [6.45, 7) is -0.456.